The molecule has 0 fully saturated rings. The average molecular weight is 196 g/mol. The van der Waals surface area contributed by atoms with Crippen molar-refractivity contribution < 1.29 is 13.2 Å². The molecule has 0 unspecified atom stereocenters. The summed E-state index contributed by atoms with van der Waals surface area (Å²) in [7, 11) is 0. The van der Waals surface area contributed by atoms with Crippen molar-refractivity contribution in [1.29, 1.82) is 0 Å². The second-order valence-corrected chi connectivity index (χ2v) is 2.48. The third kappa shape index (κ3) is 1.88. The molecule has 0 bridgehead atoms. The minimum atomic E-state index is -2.67. The van der Waals surface area contributed by atoms with Gasteiger partial charge >= 0.3 is 0 Å². The predicted octanol–water partition coefficient (Wildman–Crippen LogP) is 3.14. The SMILES string of the molecule is FCc1ccc(C(F)F)nc1Cl. The van der Waals surface area contributed by atoms with Crippen LogP contribution in [0.15, 0.2) is 12.1 Å². The Balaban J connectivity index is 3.02. The normalized spacial score (nSPS) is 10.8. The van der Waals surface area contributed by atoms with Gasteiger partial charge in [-0.3, -0.25) is 0 Å². The smallest absolute Gasteiger partial charge is 0.246 e. The summed E-state index contributed by atoms with van der Waals surface area (Å²) in [6, 6.07) is 2.27. The van der Waals surface area contributed by atoms with E-state index in [0.717, 1.165) is 6.07 Å². The molecule has 1 heterocycles. The van der Waals surface area contributed by atoms with Crippen LogP contribution in [0.4, 0.5) is 13.2 Å². The van der Waals surface area contributed by atoms with E-state index >= 15 is 0 Å². The Morgan fingerprint density at radius 1 is 1.42 bits per heavy atom. The number of halogens is 4. The highest BCUT2D eigenvalue weighted by molar-refractivity contribution is 6.30. The summed E-state index contributed by atoms with van der Waals surface area (Å²) in [5.41, 5.74) is -0.307. The van der Waals surface area contributed by atoms with E-state index in [4.69, 9.17) is 11.6 Å². The molecule has 1 aromatic heterocycles. The summed E-state index contributed by atoms with van der Waals surface area (Å²) in [4.78, 5) is 3.32. The van der Waals surface area contributed by atoms with Crippen LogP contribution < -0.4 is 0 Å². The zero-order chi connectivity index (χ0) is 9.14. The molecule has 1 nitrogen and oxygen atoms in total. The van der Waals surface area contributed by atoms with Gasteiger partial charge in [0.2, 0.25) is 0 Å². The molecule has 0 aromatic carbocycles. The number of pyridine rings is 1. The molecule has 0 aliphatic heterocycles. The van der Waals surface area contributed by atoms with E-state index in [1.54, 1.807) is 0 Å². The molecular formula is C7H5ClF3N. The molecule has 0 radical (unpaired) electrons. The van der Waals surface area contributed by atoms with E-state index < -0.39 is 18.8 Å². The number of alkyl halides is 3. The van der Waals surface area contributed by atoms with Crippen LogP contribution in [0.5, 0.6) is 0 Å². The lowest BCUT2D eigenvalue weighted by atomic mass is 10.3. The van der Waals surface area contributed by atoms with Crippen molar-refractivity contribution in [2.75, 3.05) is 0 Å². The predicted molar refractivity (Wildman–Crippen MR) is 39.0 cm³/mol. The minimum absolute atomic E-state index is 0.126. The van der Waals surface area contributed by atoms with Crippen molar-refractivity contribution in [3.8, 4) is 0 Å². The van der Waals surface area contributed by atoms with Gasteiger partial charge in [-0.05, 0) is 6.07 Å². The molecule has 1 rings (SSSR count). The number of aromatic nitrogens is 1. The Morgan fingerprint density at radius 2 is 2.08 bits per heavy atom. The van der Waals surface area contributed by atoms with Gasteiger partial charge in [0.05, 0.1) is 0 Å². The van der Waals surface area contributed by atoms with Crippen LogP contribution in [0, 0.1) is 0 Å². The van der Waals surface area contributed by atoms with Crippen molar-refractivity contribution >= 4 is 11.6 Å². The summed E-state index contributed by atoms with van der Waals surface area (Å²) in [5.74, 6) is 0. The highest BCUT2D eigenvalue weighted by Gasteiger charge is 2.10. The number of nitrogens with zero attached hydrogens (tertiary/aromatic N) is 1. The fourth-order valence-electron chi connectivity index (χ4n) is 0.698. The van der Waals surface area contributed by atoms with Gasteiger partial charge in [0.1, 0.15) is 17.5 Å². The molecule has 0 N–H and O–H groups in total. The van der Waals surface area contributed by atoms with Crippen molar-refractivity contribution in [2.45, 2.75) is 13.1 Å². The number of rotatable bonds is 2. The topological polar surface area (TPSA) is 12.9 Å². The lowest BCUT2D eigenvalue weighted by Crippen LogP contribution is -1.93. The molecule has 5 heteroatoms. The quantitative estimate of drug-likeness (QED) is 0.661. The van der Waals surface area contributed by atoms with E-state index in [-0.39, 0.29) is 10.7 Å². The molecule has 0 aliphatic rings. The third-order valence-electron chi connectivity index (χ3n) is 1.32. The maximum absolute atomic E-state index is 12.0. The van der Waals surface area contributed by atoms with Gasteiger partial charge in [0, 0.05) is 5.56 Å². The molecule has 0 saturated carbocycles. The van der Waals surface area contributed by atoms with Crippen LogP contribution in [0.25, 0.3) is 0 Å². The van der Waals surface area contributed by atoms with Gasteiger partial charge in [-0.15, -0.1) is 0 Å². The van der Waals surface area contributed by atoms with Crippen LogP contribution in [0.2, 0.25) is 5.15 Å². The summed E-state index contributed by atoms with van der Waals surface area (Å²) >= 11 is 5.39. The van der Waals surface area contributed by atoms with Crippen LogP contribution >= 0.6 is 11.6 Å². The molecule has 0 atom stereocenters. The third-order valence-corrected chi connectivity index (χ3v) is 1.64. The Hall–Kier alpha value is -0.770. The summed E-state index contributed by atoms with van der Waals surface area (Å²) in [6.07, 6.45) is -2.67. The molecule has 12 heavy (non-hydrogen) atoms. The first-order valence-corrected chi connectivity index (χ1v) is 3.52. The molecule has 1 aromatic rings. The number of hydrogen-bond donors (Lipinski definition) is 0. The lowest BCUT2D eigenvalue weighted by Gasteiger charge is -2.01. The first-order valence-electron chi connectivity index (χ1n) is 3.14. The van der Waals surface area contributed by atoms with Crippen LogP contribution in [-0.2, 0) is 6.67 Å². The number of hydrogen-bond acceptors (Lipinski definition) is 1. The van der Waals surface area contributed by atoms with Crippen molar-refractivity contribution in [2.24, 2.45) is 0 Å². The van der Waals surface area contributed by atoms with Crippen LogP contribution in [0.1, 0.15) is 17.7 Å². The molecular weight excluding hydrogens is 191 g/mol. The highest BCUT2D eigenvalue weighted by atomic mass is 35.5. The molecule has 0 saturated heterocycles. The average Bonchev–Trinajstić information content (AvgIpc) is 2.04. The van der Waals surface area contributed by atoms with Gasteiger partial charge in [-0.1, -0.05) is 17.7 Å². The largest absolute Gasteiger partial charge is 0.280 e. The second kappa shape index (κ2) is 3.76. The van der Waals surface area contributed by atoms with E-state index in [9.17, 15) is 13.2 Å². The van der Waals surface area contributed by atoms with Gasteiger partial charge in [-0.2, -0.15) is 0 Å². The summed E-state index contributed by atoms with van der Waals surface area (Å²) in [5, 5.41) is -0.199. The molecule has 0 spiro atoms. The Kier molecular flexibility index (Phi) is 2.92. The standard InChI is InChI=1S/C7H5ClF3N/c8-6-4(3-9)1-2-5(12-6)7(10)11/h1-2,7H,3H2. The van der Waals surface area contributed by atoms with E-state index in [2.05, 4.69) is 4.98 Å². The minimum Gasteiger partial charge on any atom is -0.246 e. The monoisotopic (exact) mass is 195 g/mol. The molecule has 0 amide bonds. The maximum atomic E-state index is 12.0. The fraction of sp³-hybridized carbons (Fsp3) is 0.286. The first kappa shape index (κ1) is 9.32. The van der Waals surface area contributed by atoms with E-state index in [1.807, 2.05) is 0 Å². The molecule has 0 aliphatic carbocycles. The van der Waals surface area contributed by atoms with E-state index in [0.29, 0.717) is 0 Å². The zero-order valence-corrected chi connectivity index (χ0v) is 6.65. The van der Waals surface area contributed by atoms with Gasteiger partial charge in [0.25, 0.3) is 6.43 Å². The Morgan fingerprint density at radius 3 is 2.50 bits per heavy atom. The van der Waals surface area contributed by atoms with Gasteiger partial charge in [-0.25, -0.2) is 18.2 Å². The molecule has 66 valence electrons. The van der Waals surface area contributed by atoms with Crippen molar-refractivity contribution in [3.05, 3.63) is 28.5 Å². The van der Waals surface area contributed by atoms with Crippen molar-refractivity contribution in [1.82, 2.24) is 4.98 Å². The summed E-state index contributed by atoms with van der Waals surface area (Å²) < 4.78 is 35.9. The lowest BCUT2D eigenvalue weighted by molar-refractivity contribution is 0.146. The van der Waals surface area contributed by atoms with Crippen molar-refractivity contribution in [3.63, 3.8) is 0 Å². The van der Waals surface area contributed by atoms with Gasteiger partial charge < -0.3 is 0 Å². The highest BCUT2D eigenvalue weighted by Crippen LogP contribution is 2.21. The van der Waals surface area contributed by atoms with Crippen LogP contribution in [-0.4, -0.2) is 4.98 Å². The second-order valence-electron chi connectivity index (χ2n) is 2.12. The fourth-order valence-corrected chi connectivity index (χ4v) is 0.909. The summed E-state index contributed by atoms with van der Waals surface area (Å²) in [6.45, 7) is -0.796. The van der Waals surface area contributed by atoms with Crippen LogP contribution in [0.3, 0.4) is 0 Å². The maximum Gasteiger partial charge on any atom is 0.280 e. The first-order chi connectivity index (χ1) is 5.65. The van der Waals surface area contributed by atoms with E-state index in [1.165, 1.54) is 6.07 Å². The van der Waals surface area contributed by atoms with Gasteiger partial charge in [0.15, 0.2) is 0 Å². The zero-order valence-electron chi connectivity index (χ0n) is 5.90. The Labute approximate surface area is 72.2 Å². The Bertz CT molecular complexity index is 277.